The predicted octanol–water partition coefficient (Wildman–Crippen LogP) is 11.3. The second-order valence-corrected chi connectivity index (χ2v) is 12.2. The van der Waals surface area contributed by atoms with E-state index in [9.17, 15) is 0 Å². The van der Waals surface area contributed by atoms with Gasteiger partial charge >= 0.3 is 0 Å². The number of fused-ring (bicyclic) bond motifs is 1. The summed E-state index contributed by atoms with van der Waals surface area (Å²) in [5.41, 5.74) is 18.1. The largest absolute Gasteiger partial charge is 0.383 e. The van der Waals surface area contributed by atoms with Crippen molar-refractivity contribution in [3.05, 3.63) is 187 Å². The maximum absolute atomic E-state index is 6.52. The Morgan fingerprint density at radius 1 is 0.804 bits per heavy atom. The Labute approximate surface area is 301 Å². The van der Waals surface area contributed by atoms with Gasteiger partial charge in [0.15, 0.2) is 5.84 Å². The second kappa shape index (κ2) is 16.3. The molecule has 0 unspecified atom stereocenters. The van der Waals surface area contributed by atoms with E-state index in [-0.39, 0.29) is 0 Å². The third-order valence-corrected chi connectivity index (χ3v) is 8.84. The van der Waals surface area contributed by atoms with Gasteiger partial charge in [0.2, 0.25) is 0 Å². The molecule has 0 radical (unpaired) electrons. The van der Waals surface area contributed by atoms with Crippen molar-refractivity contribution >= 4 is 46.4 Å². The molecule has 0 bridgehead atoms. The number of aliphatic imine (C=N–C) groups is 3. The van der Waals surface area contributed by atoms with Crippen LogP contribution in [0.3, 0.4) is 0 Å². The van der Waals surface area contributed by atoms with E-state index in [0.29, 0.717) is 18.2 Å². The van der Waals surface area contributed by atoms with Gasteiger partial charge < -0.3 is 5.73 Å². The fraction of sp³-hybridized carbons (Fsp3) is 0.0851. The van der Waals surface area contributed by atoms with E-state index in [1.54, 1.807) is 6.08 Å². The van der Waals surface area contributed by atoms with Crippen molar-refractivity contribution in [2.24, 2.45) is 20.7 Å². The number of allylic oxidation sites excluding steroid dienone is 4. The molecule has 5 aromatic carbocycles. The molecule has 0 amide bonds. The molecule has 250 valence electrons. The number of nitrogens with two attached hydrogens (primary N) is 1. The highest BCUT2D eigenvalue weighted by atomic mass is 15.0. The number of amidine groups is 2. The fourth-order valence-electron chi connectivity index (χ4n) is 6.40. The van der Waals surface area contributed by atoms with Crippen molar-refractivity contribution in [2.45, 2.75) is 19.9 Å². The van der Waals surface area contributed by atoms with Crippen molar-refractivity contribution in [1.29, 1.82) is 0 Å². The summed E-state index contributed by atoms with van der Waals surface area (Å²) in [7, 11) is 0. The SMILES string of the molecule is C=C/C=C(\C=C/C)C(N)=NC(=NCc1cc(C2=CCCN=C2)cc(-c2cccc(-c3cc(C=C)c(C=C)c4ccccc34)c2)c1)c1ccccc1. The van der Waals surface area contributed by atoms with Crippen molar-refractivity contribution in [1.82, 2.24) is 0 Å². The van der Waals surface area contributed by atoms with Crippen molar-refractivity contribution in [3.63, 3.8) is 0 Å². The number of hydrogen-bond donors (Lipinski definition) is 1. The van der Waals surface area contributed by atoms with E-state index in [4.69, 9.17) is 15.7 Å². The average molecular weight is 663 g/mol. The van der Waals surface area contributed by atoms with Gasteiger partial charge in [0.25, 0.3) is 0 Å². The molecule has 4 heteroatoms. The summed E-state index contributed by atoms with van der Waals surface area (Å²) in [4.78, 5) is 14.5. The smallest absolute Gasteiger partial charge is 0.157 e. The highest BCUT2D eigenvalue weighted by molar-refractivity contribution is 6.12. The minimum atomic E-state index is 0.374. The molecule has 1 heterocycles. The lowest BCUT2D eigenvalue weighted by Crippen LogP contribution is -2.17. The molecule has 0 fully saturated rings. The van der Waals surface area contributed by atoms with Crippen LogP contribution in [-0.2, 0) is 6.54 Å². The summed E-state index contributed by atoms with van der Waals surface area (Å²) >= 11 is 0. The zero-order valence-corrected chi connectivity index (χ0v) is 29.1. The minimum Gasteiger partial charge on any atom is -0.383 e. The molecule has 0 atom stereocenters. The van der Waals surface area contributed by atoms with Gasteiger partial charge in [0.1, 0.15) is 5.84 Å². The average Bonchev–Trinajstić information content (AvgIpc) is 3.19. The monoisotopic (exact) mass is 662 g/mol. The third-order valence-electron chi connectivity index (χ3n) is 8.84. The molecule has 51 heavy (non-hydrogen) atoms. The van der Waals surface area contributed by atoms with Gasteiger partial charge in [-0.2, -0.15) is 0 Å². The molecule has 0 aromatic heterocycles. The molecule has 1 aliphatic rings. The molecule has 0 aliphatic carbocycles. The van der Waals surface area contributed by atoms with E-state index in [1.165, 1.54) is 5.39 Å². The minimum absolute atomic E-state index is 0.374. The molecule has 6 rings (SSSR count). The molecule has 1 aliphatic heterocycles. The Kier molecular flexibility index (Phi) is 11.0. The lowest BCUT2D eigenvalue weighted by Gasteiger charge is -2.15. The van der Waals surface area contributed by atoms with Crippen LogP contribution in [0.5, 0.6) is 0 Å². The van der Waals surface area contributed by atoms with Gasteiger partial charge in [-0.25, -0.2) is 4.99 Å². The van der Waals surface area contributed by atoms with Crippen LogP contribution >= 0.6 is 0 Å². The maximum atomic E-state index is 6.52. The quantitative estimate of drug-likeness (QED) is 0.0854. The molecule has 0 saturated carbocycles. The van der Waals surface area contributed by atoms with Gasteiger partial charge in [-0.1, -0.05) is 135 Å². The summed E-state index contributed by atoms with van der Waals surface area (Å²) in [6.07, 6.45) is 16.4. The molecule has 0 saturated heterocycles. The first-order valence-corrected chi connectivity index (χ1v) is 17.2. The van der Waals surface area contributed by atoms with Gasteiger partial charge in [-0.15, -0.1) is 0 Å². The number of nitrogens with zero attached hydrogens (tertiary/aromatic N) is 3. The first-order valence-electron chi connectivity index (χ1n) is 17.2. The van der Waals surface area contributed by atoms with Crippen LogP contribution in [0, 0.1) is 0 Å². The number of dihydropyridines is 1. The highest BCUT2D eigenvalue weighted by Crippen LogP contribution is 2.37. The lowest BCUT2D eigenvalue weighted by atomic mass is 9.89. The van der Waals surface area contributed by atoms with Crippen molar-refractivity contribution < 1.29 is 0 Å². The first kappa shape index (κ1) is 34.5. The zero-order chi connectivity index (χ0) is 35.6. The lowest BCUT2D eigenvalue weighted by molar-refractivity contribution is 1.00. The zero-order valence-electron chi connectivity index (χ0n) is 29.1. The summed E-state index contributed by atoms with van der Waals surface area (Å²) < 4.78 is 0. The fourth-order valence-corrected chi connectivity index (χ4v) is 6.40. The normalized spacial score (nSPS) is 13.7. The Morgan fingerprint density at radius 2 is 1.55 bits per heavy atom. The summed E-state index contributed by atoms with van der Waals surface area (Å²) in [5.74, 6) is 0.937. The molecular weight excluding hydrogens is 621 g/mol. The Balaban J connectivity index is 1.46. The Bertz CT molecular complexity index is 2290. The Morgan fingerprint density at radius 3 is 2.27 bits per heavy atom. The summed E-state index contributed by atoms with van der Waals surface area (Å²) in [6.45, 7) is 15.2. The summed E-state index contributed by atoms with van der Waals surface area (Å²) in [5, 5.41) is 2.34. The van der Waals surface area contributed by atoms with Crippen LogP contribution in [-0.4, -0.2) is 24.4 Å². The van der Waals surface area contributed by atoms with Crippen LogP contribution in [0.15, 0.2) is 174 Å². The number of benzene rings is 5. The van der Waals surface area contributed by atoms with E-state index in [2.05, 4.69) is 104 Å². The molecule has 5 aromatic rings. The van der Waals surface area contributed by atoms with Crippen molar-refractivity contribution in [3.8, 4) is 22.3 Å². The predicted molar refractivity (Wildman–Crippen MR) is 222 cm³/mol. The van der Waals surface area contributed by atoms with Crippen LogP contribution in [0.1, 0.15) is 41.2 Å². The van der Waals surface area contributed by atoms with E-state index in [1.807, 2.05) is 73.9 Å². The maximum Gasteiger partial charge on any atom is 0.157 e. The van der Waals surface area contributed by atoms with Gasteiger partial charge in [0.05, 0.1) is 6.54 Å². The third kappa shape index (κ3) is 7.92. The van der Waals surface area contributed by atoms with Gasteiger partial charge in [-0.3, -0.25) is 9.98 Å². The van der Waals surface area contributed by atoms with E-state index < -0.39 is 0 Å². The molecular formula is C47H42N4. The van der Waals surface area contributed by atoms with Crippen molar-refractivity contribution in [2.75, 3.05) is 6.54 Å². The van der Waals surface area contributed by atoms with Crippen LogP contribution < -0.4 is 5.73 Å². The van der Waals surface area contributed by atoms with Crippen LogP contribution in [0.25, 0.3) is 50.8 Å². The van der Waals surface area contributed by atoms with E-state index in [0.717, 1.165) is 79.6 Å². The van der Waals surface area contributed by atoms with Gasteiger partial charge in [0, 0.05) is 23.9 Å². The van der Waals surface area contributed by atoms with Crippen LogP contribution in [0.2, 0.25) is 0 Å². The molecule has 0 spiro atoms. The topological polar surface area (TPSA) is 63.1 Å². The van der Waals surface area contributed by atoms with E-state index >= 15 is 0 Å². The standard InChI is InChI=1S/C47H42N4/c1-5-16-35(17-6-2)46(48)51-47(36-18-10-9-11-19-36)50-31-33-26-40(29-41(27-33)39-22-15-25-49-32-39)37-20-14-21-38(28-37)45-30-34(7-3)42(8-4)43-23-12-13-24-44(43)45/h5-14,16-24,26-30,32H,1,3-4,15,25,31H2,2H3,(H2,48,50,51)/b17-6-,35-16+. The molecule has 2 N–H and O–H groups in total. The van der Waals surface area contributed by atoms with Crippen LogP contribution in [0.4, 0.5) is 0 Å². The first-order chi connectivity index (χ1) is 25.0. The second-order valence-electron chi connectivity index (χ2n) is 12.2. The molecule has 4 nitrogen and oxygen atoms in total. The highest BCUT2D eigenvalue weighted by Gasteiger charge is 2.13. The van der Waals surface area contributed by atoms with Gasteiger partial charge in [-0.05, 0) is 105 Å². The Hall–Kier alpha value is -6.39. The number of rotatable bonds is 11. The number of hydrogen-bond acceptors (Lipinski definition) is 2. The summed E-state index contributed by atoms with van der Waals surface area (Å²) in [6, 6.07) is 36.1.